The van der Waals surface area contributed by atoms with E-state index in [1.165, 1.54) is 6.08 Å². The molecule has 2 N–H and O–H groups in total. The lowest BCUT2D eigenvalue weighted by atomic mass is 10.1. The average Bonchev–Trinajstić information content (AvgIpc) is 2.08. The molecule has 0 aliphatic rings. The molecule has 0 saturated heterocycles. The SMILES string of the molecule is CCCCC(=CCCS(=O)(=O)O)C(=O)O. The minimum Gasteiger partial charge on any atom is -0.478 e. The molecule has 0 spiro atoms. The normalized spacial score (nSPS) is 12.8. The van der Waals surface area contributed by atoms with Crippen LogP contribution in [-0.4, -0.2) is 29.8 Å². The fourth-order valence-electron chi connectivity index (χ4n) is 1.05. The lowest BCUT2D eigenvalue weighted by Crippen LogP contribution is -2.05. The summed E-state index contributed by atoms with van der Waals surface area (Å²) in [7, 11) is -4.00. The Morgan fingerprint density at radius 1 is 1.40 bits per heavy atom. The van der Waals surface area contributed by atoms with Crippen LogP contribution in [-0.2, 0) is 14.9 Å². The Bertz CT molecular complexity index is 328. The maximum absolute atomic E-state index is 10.7. The van der Waals surface area contributed by atoms with Gasteiger partial charge < -0.3 is 5.11 Å². The topological polar surface area (TPSA) is 91.7 Å². The van der Waals surface area contributed by atoms with E-state index in [-0.39, 0.29) is 12.0 Å². The average molecular weight is 236 g/mol. The highest BCUT2D eigenvalue weighted by Gasteiger charge is 2.07. The van der Waals surface area contributed by atoms with Gasteiger partial charge in [0.2, 0.25) is 0 Å². The quantitative estimate of drug-likeness (QED) is 0.516. The highest BCUT2D eigenvalue weighted by Crippen LogP contribution is 2.09. The summed E-state index contributed by atoms with van der Waals surface area (Å²) >= 11 is 0. The summed E-state index contributed by atoms with van der Waals surface area (Å²) in [6.45, 7) is 1.94. The number of hydrogen-bond donors (Lipinski definition) is 2. The molecule has 0 aliphatic heterocycles. The summed E-state index contributed by atoms with van der Waals surface area (Å²) in [5, 5.41) is 8.75. The first-order chi connectivity index (χ1) is 6.87. The van der Waals surface area contributed by atoms with Crippen molar-refractivity contribution < 1.29 is 22.9 Å². The lowest BCUT2D eigenvalue weighted by Gasteiger charge is -2.00. The largest absolute Gasteiger partial charge is 0.478 e. The molecule has 0 aliphatic carbocycles. The summed E-state index contributed by atoms with van der Waals surface area (Å²) in [6, 6.07) is 0. The first kappa shape index (κ1) is 14.1. The van der Waals surface area contributed by atoms with Crippen LogP contribution in [0.2, 0.25) is 0 Å². The van der Waals surface area contributed by atoms with Crippen molar-refractivity contribution in [1.82, 2.24) is 0 Å². The van der Waals surface area contributed by atoms with E-state index in [1.807, 2.05) is 6.92 Å². The van der Waals surface area contributed by atoms with E-state index in [4.69, 9.17) is 9.66 Å². The smallest absolute Gasteiger partial charge is 0.331 e. The Balaban J connectivity index is 4.24. The number of aliphatic carboxylic acids is 1. The number of allylic oxidation sites excluding steroid dienone is 1. The Labute approximate surface area is 89.6 Å². The van der Waals surface area contributed by atoms with Gasteiger partial charge in [0.05, 0.1) is 5.75 Å². The number of carboxylic acid groups (broad SMARTS) is 1. The molecule has 5 nitrogen and oxygen atoms in total. The molecule has 0 unspecified atom stereocenters. The summed E-state index contributed by atoms with van der Waals surface area (Å²) in [4.78, 5) is 10.7. The van der Waals surface area contributed by atoms with Gasteiger partial charge in [0.15, 0.2) is 0 Å². The highest BCUT2D eigenvalue weighted by molar-refractivity contribution is 7.85. The molecule has 88 valence electrons. The van der Waals surface area contributed by atoms with Gasteiger partial charge in [0.25, 0.3) is 10.1 Å². The van der Waals surface area contributed by atoms with Crippen molar-refractivity contribution in [2.75, 3.05) is 5.75 Å². The van der Waals surface area contributed by atoms with Gasteiger partial charge in [-0.1, -0.05) is 19.4 Å². The first-order valence-corrected chi connectivity index (χ1v) is 6.35. The predicted octanol–water partition coefficient (Wildman–Crippen LogP) is 1.47. The molecule has 0 bridgehead atoms. The Morgan fingerprint density at radius 2 is 2.00 bits per heavy atom. The Morgan fingerprint density at radius 3 is 2.40 bits per heavy atom. The Hall–Kier alpha value is -0.880. The van der Waals surface area contributed by atoms with Crippen LogP contribution in [0.1, 0.15) is 32.6 Å². The first-order valence-electron chi connectivity index (χ1n) is 4.74. The van der Waals surface area contributed by atoms with Gasteiger partial charge in [0.1, 0.15) is 0 Å². The van der Waals surface area contributed by atoms with Crippen molar-refractivity contribution in [3.63, 3.8) is 0 Å². The molecule has 0 saturated carbocycles. The van der Waals surface area contributed by atoms with Crippen molar-refractivity contribution >= 4 is 16.1 Å². The predicted molar refractivity (Wildman–Crippen MR) is 56.3 cm³/mol. The molecule has 0 fully saturated rings. The van der Waals surface area contributed by atoms with E-state index in [1.54, 1.807) is 0 Å². The molecule has 0 atom stereocenters. The molecule has 15 heavy (non-hydrogen) atoms. The van der Waals surface area contributed by atoms with Crippen LogP contribution in [0.15, 0.2) is 11.6 Å². The van der Waals surface area contributed by atoms with Gasteiger partial charge in [-0.25, -0.2) is 4.79 Å². The number of hydrogen-bond acceptors (Lipinski definition) is 3. The summed E-state index contributed by atoms with van der Waals surface area (Å²) in [5.74, 6) is -1.46. The summed E-state index contributed by atoms with van der Waals surface area (Å²) in [6.07, 6.45) is 3.44. The lowest BCUT2D eigenvalue weighted by molar-refractivity contribution is -0.132. The van der Waals surface area contributed by atoms with Crippen molar-refractivity contribution in [3.05, 3.63) is 11.6 Å². The fraction of sp³-hybridized carbons (Fsp3) is 0.667. The number of rotatable bonds is 7. The highest BCUT2D eigenvalue weighted by atomic mass is 32.2. The maximum atomic E-state index is 10.7. The molecule has 0 heterocycles. The van der Waals surface area contributed by atoms with Crippen LogP contribution in [0, 0.1) is 0 Å². The van der Waals surface area contributed by atoms with Crippen molar-refractivity contribution in [2.45, 2.75) is 32.6 Å². The van der Waals surface area contributed by atoms with Crippen LogP contribution in [0.5, 0.6) is 0 Å². The van der Waals surface area contributed by atoms with Crippen LogP contribution in [0.3, 0.4) is 0 Å². The third kappa shape index (κ3) is 8.14. The van der Waals surface area contributed by atoms with E-state index in [2.05, 4.69) is 0 Å². The van der Waals surface area contributed by atoms with Crippen molar-refractivity contribution in [3.8, 4) is 0 Å². The van der Waals surface area contributed by atoms with E-state index < -0.39 is 21.8 Å². The number of carboxylic acids is 1. The van der Waals surface area contributed by atoms with Crippen LogP contribution in [0.4, 0.5) is 0 Å². The monoisotopic (exact) mass is 236 g/mol. The zero-order valence-electron chi connectivity index (χ0n) is 8.64. The Kier molecular flexibility index (Phi) is 6.19. The zero-order chi connectivity index (χ0) is 11.9. The second-order valence-corrected chi connectivity index (χ2v) is 4.78. The summed E-state index contributed by atoms with van der Waals surface area (Å²) in [5.41, 5.74) is 0.209. The second-order valence-electron chi connectivity index (χ2n) is 3.21. The van der Waals surface area contributed by atoms with Gasteiger partial charge in [-0.2, -0.15) is 8.42 Å². The van der Waals surface area contributed by atoms with Gasteiger partial charge in [-0.05, 0) is 19.3 Å². The molecule has 0 amide bonds. The zero-order valence-corrected chi connectivity index (χ0v) is 9.46. The van der Waals surface area contributed by atoms with Crippen molar-refractivity contribution in [2.24, 2.45) is 0 Å². The van der Waals surface area contributed by atoms with Crippen LogP contribution in [0.25, 0.3) is 0 Å². The number of carbonyl (C=O) groups is 1. The fourth-order valence-corrected chi connectivity index (χ4v) is 1.46. The van der Waals surface area contributed by atoms with E-state index in [0.29, 0.717) is 6.42 Å². The molecule has 0 radical (unpaired) electrons. The summed E-state index contributed by atoms with van der Waals surface area (Å²) < 4.78 is 29.2. The molecular formula is C9H16O5S. The molecule has 6 heteroatoms. The third-order valence-electron chi connectivity index (χ3n) is 1.84. The third-order valence-corrected chi connectivity index (χ3v) is 2.59. The molecule has 0 rings (SSSR count). The minimum absolute atomic E-state index is 0.0319. The second kappa shape index (κ2) is 6.58. The van der Waals surface area contributed by atoms with E-state index >= 15 is 0 Å². The maximum Gasteiger partial charge on any atom is 0.331 e. The van der Waals surface area contributed by atoms with Gasteiger partial charge in [-0.15, -0.1) is 0 Å². The van der Waals surface area contributed by atoms with Crippen molar-refractivity contribution in [1.29, 1.82) is 0 Å². The molecule has 0 aromatic rings. The molecule has 0 aromatic carbocycles. The standard InChI is InChI=1S/C9H16O5S/c1-2-3-5-8(9(10)11)6-4-7-15(12,13)14/h6H,2-5,7H2,1H3,(H,10,11)(H,12,13,14). The van der Waals surface area contributed by atoms with Gasteiger partial charge in [-0.3, -0.25) is 4.55 Å². The van der Waals surface area contributed by atoms with E-state index in [9.17, 15) is 13.2 Å². The van der Waals surface area contributed by atoms with Gasteiger partial charge >= 0.3 is 5.97 Å². The molecular weight excluding hydrogens is 220 g/mol. The van der Waals surface area contributed by atoms with Crippen LogP contribution < -0.4 is 0 Å². The number of unbranched alkanes of at least 4 members (excludes halogenated alkanes) is 1. The van der Waals surface area contributed by atoms with E-state index in [0.717, 1.165) is 12.8 Å². The van der Waals surface area contributed by atoms with Crippen LogP contribution >= 0.6 is 0 Å². The minimum atomic E-state index is -4.00. The molecule has 0 aromatic heterocycles. The van der Waals surface area contributed by atoms with Gasteiger partial charge in [0, 0.05) is 5.57 Å².